The number of carbonyl (C=O) groups excluding carboxylic acids is 1. The van der Waals surface area contributed by atoms with Gasteiger partial charge in [0.25, 0.3) is 5.91 Å². The van der Waals surface area contributed by atoms with E-state index in [1.165, 1.54) is 6.42 Å². The average Bonchev–Trinajstić information content (AvgIpc) is 2.47. The minimum Gasteiger partial charge on any atom is -0.482 e. The smallest absolute Gasteiger partial charge is 0.258 e. The Balaban J connectivity index is 1.89. The Kier molecular flexibility index (Phi) is 4.85. The Hall–Kier alpha value is -2.02. The van der Waals surface area contributed by atoms with Crippen molar-refractivity contribution in [3.8, 4) is 11.8 Å². The molecule has 0 radical (unpaired) electrons. The molecular weight excluding hydrogens is 264 g/mol. The number of amides is 1. The topological polar surface area (TPSA) is 62.1 Å². The van der Waals surface area contributed by atoms with Crippen molar-refractivity contribution in [2.45, 2.75) is 45.6 Å². The highest BCUT2D eigenvalue weighted by atomic mass is 16.5. The van der Waals surface area contributed by atoms with Crippen molar-refractivity contribution < 1.29 is 9.53 Å². The molecule has 0 saturated heterocycles. The lowest BCUT2D eigenvalue weighted by Gasteiger charge is -2.39. The Labute approximate surface area is 126 Å². The van der Waals surface area contributed by atoms with E-state index in [-0.39, 0.29) is 24.0 Å². The molecule has 1 aliphatic carbocycles. The normalized spacial score (nSPS) is 20.3. The lowest BCUT2D eigenvalue weighted by Crippen LogP contribution is -2.48. The minimum absolute atomic E-state index is 0.0503. The SMILES string of the molecule is CC1(C)CCCCC1NC(=O)COc1ccccc1C#N. The van der Waals surface area contributed by atoms with Gasteiger partial charge < -0.3 is 10.1 Å². The van der Waals surface area contributed by atoms with Gasteiger partial charge in [0.15, 0.2) is 6.61 Å². The van der Waals surface area contributed by atoms with E-state index in [4.69, 9.17) is 10.00 Å². The number of benzene rings is 1. The van der Waals surface area contributed by atoms with E-state index >= 15 is 0 Å². The molecule has 4 nitrogen and oxygen atoms in total. The van der Waals surface area contributed by atoms with Crippen LogP contribution in [-0.2, 0) is 4.79 Å². The highest BCUT2D eigenvalue weighted by Gasteiger charge is 2.33. The van der Waals surface area contributed by atoms with Gasteiger partial charge in [-0.05, 0) is 30.4 Å². The highest BCUT2D eigenvalue weighted by Crippen LogP contribution is 2.35. The molecule has 0 aliphatic heterocycles. The zero-order valence-electron chi connectivity index (χ0n) is 12.7. The summed E-state index contributed by atoms with van der Waals surface area (Å²) >= 11 is 0. The molecule has 1 atom stereocenters. The van der Waals surface area contributed by atoms with Crippen molar-refractivity contribution in [1.29, 1.82) is 5.26 Å². The molecule has 1 aromatic rings. The number of nitriles is 1. The van der Waals surface area contributed by atoms with Crippen LogP contribution in [0.4, 0.5) is 0 Å². The third-order valence-corrected chi connectivity index (χ3v) is 4.21. The van der Waals surface area contributed by atoms with Gasteiger partial charge in [-0.2, -0.15) is 5.26 Å². The largest absolute Gasteiger partial charge is 0.482 e. The van der Waals surface area contributed by atoms with E-state index in [0.29, 0.717) is 11.3 Å². The second-order valence-electron chi connectivity index (χ2n) is 6.25. The van der Waals surface area contributed by atoms with Crippen LogP contribution in [0, 0.1) is 16.7 Å². The highest BCUT2D eigenvalue weighted by molar-refractivity contribution is 5.78. The molecule has 21 heavy (non-hydrogen) atoms. The Morgan fingerprint density at radius 3 is 2.90 bits per heavy atom. The third-order valence-electron chi connectivity index (χ3n) is 4.21. The Bertz CT molecular complexity index is 546. The van der Waals surface area contributed by atoms with Crippen molar-refractivity contribution >= 4 is 5.91 Å². The first kappa shape index (κ1) is 15.4. The minimum atomic E-state index is -0.122. The number of nitrogens with one attached hydrogen (secondary N) is 1. The molecule has 112 valence electrons. The van der Waals surface area contributed by atoms with E-state index in [1.807, 2.05) is 0 Å². The fourth-order valence-electron chi connectivity index (χ4n) is 2.83. The van der Waals surface area contributed by atoms with Gasteiger partial charge in [-0.3, -0.25) is 4.79 Å². The molecule has 0 heterocycles. The first-order chi connectivity index (χ1) is 10.0. The molecule has 0 bridgehead atoms. The number of rotatable bonds is 4. The summed E-state index contributed by atoms with van der Waals surface area (Å²) in [6.07, 6.45) is 4.54. The van der Waals surface area contributed by atoms with Crippen molar-refractivity contribution in [2.24, 2.45) is 5.41 Å². The van der Waals surface area contributed by atoms with E-state index < -0.39 is 0 Å². The molecule has 0 spiro atoms. The van der Waals surface area contributed by atoms with Gasteiger partial charge in [-0.25, -0.2) is 0 Å². The van der Waals surface area contributed by atoms with E-state index in [0.717, 1.165) is 19.3 Å². The molecule has 1 amide bonds. The molecule has 1 fully saturated rings. The van der Waals surface area contributed by atoms with Gasteiger partial charge in [-0.1, -0.05) is 38.8 Å². The fourth-order valence-corrected chi connectivity index (χ4v) is 2.83. The number of hydrogen-bond acceptors (Lipinski definition) is 3. The van der Waals surface area contributed by atoms with Crippen molar-refractivity contribution in [3.63, 3.8) is 0 Å². The summed E-state index contributed by atoms with van der Waals surface area (Å²) in [5.74, 6) is 0.334. The van der Waals surface area contributed by atoms with Crippen LogP contribution < -0.4 is 10.1 Å². The number of hydrogen-bond donors (Lipinski definition) is 1. The lowest BCUT2D eigenvalue weighted by atomic mass is 9.73. The number of para-hydroxylation sites is 1. The summed E-state index contributed by atoms with van der Waals surface area (Å²) in [7, 11) is 0. The zero-order chi connectivity index (χ0) is 15.3. The number of nitrogens with zero attached hydrogens (tertiary/aromatic N) is 1. The summed E-state index contributed by atoms with van der Waals surface area (Å²) in [6.45, 7) is 4.34. The average molecular weight is 286 g/mol. The summed E-state index contributed by atoms with van der Waals surface area (Å²) in [4.78, 5) is 12.1. The fraction of sp³-hybridized carbons (Fsp3) is 0.529. The summed E-state index contributed by atoms with van der Waals surface area (Å²) in [5.41, 5.74) is 0.585. The van der Waals surface area contributed by atoms with Crippen molar-refractivity contribution in [1.82, 2.24) is 5.32 Å². The van der Waals surface area contributed by atoms with Gasteiger partial charge in [0.1, 0.15) is 11.8 Å². The van der Waals surface area contributed by atoms with Crippen LogP contribution in [0.3, 0.4) is 0 Å². The molecular formula is C17H22N2O2. The summed E-state index contributed by atoms with van der Waals surface area (Å²) in [5, 5.41) is 12.1. The quantitative estimate of drug-likeness (QED) is 0.925. The summed E-state index contributed by atoms with van der Waals surface area (Å²) in [6, 6.07) is 9.21. The second kappa shape index (κ2) is 6.62. The zero-order valence-corrected chi connectivity index (χ0v) is 12.7. The molecule has 1 N–H and O–H groups in total. The maximum absolute atomic E-state index is 12.1. The van der Waals surface area contributed by atoms with Crippen LogP contribution in [0.25, 0.3) is 0 Å². The third kappa shape index (κ3) is 3.98. The first-order valence-corrected chi connectivity index (χ1v) is 7.44. The standard InChI is InChI=1S/C17H22N2O2/c1-17(2)10-6-5-9-15(17)19-16(20)12-21-14-8-4-3-7-13(14)11-18/h3-4,7-8,15H,5-6,9-10,12H2,1-2H3,(H,19,20). The van der Waals surface area contributed by atoms with Gasteiger partial charge in [0.2, 0.25) is 0 Å². The summed E-state index contributed by atoms with van der Waals surface area (Å²) < 4.78 is 5.46. The van der Waals surface area contributed by atoms with Crippen LogP contribution >= 0.6 is 0 Å². The maximum Gasteiger partial charge on any atom is 0.258 e. The molecule has 1 unspecified atom stereocenters. The molecule has 1 aliphatic rings. The van der Waals surface area contributed by atoms with Crippen LogP contribution in [0.1, 0.15) is 45.1 Å². The number of ether oxygens (including phenoxy) is 1. The molecule has 4 heteroatoms. The van der Waals surface area contributed by atoms with Gasteiger partial charge in [0.05, 0.1) is 5.56 Å². The van der Waals surface area contributed by atoms with Gasteiger partial charge >= 0.3 is 0 Å². The van der Waals surface area contributed by atoms with Crippen molar-refractivity contribution in [3.05, 3.63) is 29.8 Å². The van der Waals surface area contributed by atoms with Crippen LogP contribution in [0.2, 0.25) is 0 Å². The van der Waals surface area contributed by atoms with Crippen LogP contribution in [0.15, 0.2) is 24.3 Å². The first-order valence-electron chi connectivity index (χ1n) is 7.44. The molecule has 0 aromatic heterocycles. The van der Waals surface area contributed by atoms with Crippen LogP contribution in [-0.4, -0.2) is 18.6 Å². The van der Waals surface area contributed by atoms with Gasteiger partial charge in [0, 0.05) is 6.04 Å². The maximum atomic E-state index is 12.1. The Morgan fingerprint density at radius 2 is 2.19 bits per heavy atom. The van der Waals surface area contributed by atoms with E-state index in [9.17, 15) is 4.79 Å². The second-order valence-corrected chi connectivity index (χ2v) is 6.25. The number of carbonyl (C=O) groups is 1. The molecule has 2 rings (SSSR count). The molecule has 1 aromatic carbocycles. The monoisotopic (exact) mass is 286 g/mol. The lowest BCUT2D eigenvalue weighted by molar-refractivity contribution is -0.125. The predicted octanol–water partition coefficient (Wildman–Crippen LogP) is 3.02. The molecule has 1 saturated carbocycles. The van der Waals surface area contributed by atoms with E-state index in [1.54, 1.807) is 24.3 Å². The van der Waals surface area contributed by atoms with Crippen molar-refractivity contribution in [2.75, 3.05) is 6.61 Å². The van der Waals surface area contributed by atoms with Crippen LogP contribution in [0.5, 0.6) is 5.75 Å². The van der Waals surface area contributed by atoms with E-state index in [2.05, 4.69) is 25.2 Å². The Morgan fingerprint density at radius 1 is 1.43 bits per heavy atom. The predicted molar refractivity (Wildman–Crippen MR) is 80.8 cm³/mol. The van der Waals surface area contributed by atoms with Gasteiger partial charge in [-0.15, -0.1) is 0 Å².